The summed E-state index contributed by atoms with van der Waals surface area (Å²) in [6, 6.07) is 5.87. The number of nitrogens with one attached hydrogen (secondary N) is 3. The van der Waals surface area contributed by atoms with Gasteiger partial charge in [0.25, 0.3) is 0 Å². The lowest BCUT2D eigenvalue weighted by atomic mass is 9.96. The smallest absolute Gasteiger partial charge is 0.319 e. The summed E-state index contributed by atoms with van der Waals surface area (Å²) < 4.78 is 32.6. The van der Waals surface area contributed by atoms with Crippen molar-refractivity contribution < 1.29 is 17.9 Å². The second-order valence-electron chi connectivity index (χ2n) is 7.12. The molecular formula is C18H27N3O4S. The van der Waals surface area contributed by atoms with Crippen molar-refractivity contribution in [1.82, 2.24) is 10.0 Å². The minimum Gasteiger partial charge on any atom is -0.373 e. The molecule has 0 bridgehead atoms. The number of ether oxygens (including phenoxy) is 1. The minimum absolute atomic E-state index is 0.0194. The van der Waals surface area contributed by atoms with Crippen LogP contribution in [0.2, 0.25) is 0 Å². The SMILES string of the molecule is CCCNS(=O)(=O)c1ccc(NC(=O)N[C@@H]2COC3(CCCC3)C2)cc1. The molecule has 1 spiro atoms. The van der Waals surface area contributed by atoms with Gasteiger partial charge in [-0.3, -0.25) is 0 Å². The van der Waals surface area contributed by atoms with Crippen LogP contribution in [0.1, 0.15) is 45.4 Å². The van der Waals surface area contributed by atoms with Crippen molar-refractivity contribution in [2.45, 2.75) is 62.0 Å². The van der Waals surface area contributed by atoms with Crippen LogP contribution in [0.25, 0.3) is 0 Å². The van der Waals surface area contributed by atoms with Gasteiger partial charge in [-0.05, 0) is 49.9 Å². The first kappa shape index (κ1) is 19.1. The zero-order valence-electron chi connectivity index (χ0n) is 15.1. The lowest BCUT2D eigenvalue weighted by Crippen LogP contribution is -2.39. The fourth-order valence-corrected chi connectivity index (χ4v) is 4.83. The summed E-state index contributed by atoms with van der Waals surface area (Å²) in [5, 5.41) is 5.69. The van der Waals surface area contributed by atoms with Crippen molar-refractivity contribution in [1.29, 1.82) is 0 Å². The highest BCUT2D eigenvalue weighted by Crippen LogP contribution is 2.40. The molecule has 1 aromatic carbocycles. The maximum absolute atomic E-state index is 12.2. The topological polar surface area (TPSA) is 96.5 Å². The molecule has 2 amide bonds. The van der Waals surface area contributed by atoms with E-state index in [-0.39, 0.29) is 22.6 Å². The Morgan fingerprint density at radius 1 is 1.23 bits per heavy atom. The monoisotopic (exact) mass is 381 g/mol. The summed E-state index contributed by atoms with van der Waals surface area (Å²) in [5.41, 5.74) is 0.519. The number of carbonyl (C=O) groups excluding carboxylic acids is 1. The molecule has 26 heavy (non-hydrogen) atoms. The maximum atomic E-state index is 12.2. The van der Waals surface area contributed by atoms with Crippen LogP contribution in [-0.4, -0.2) is 39.2 Å². The van der Waals surface area contributed by atoms with E-state index in [0.29, 0.717) is 18.8 Å². The summed E-state index contributed by atoms with van der Waals surface area (Å²) >= 11 is 0. The Kier molecular flexibility index (Phi) is 5.84. The van der Waals surface area contributed by atoms with Crippen molar-refractivity contribution in [3.63, 3.8) is 0 Å². The largest absolute Gasteiger partial charge is 0.373 e. The summed E-state index contributed by atoms with van der Waals surface area (Å²) in [4.78, 5) is 12.4. The van der Waals surface area contributed by atoms with Gasteiger partial charge in [0.2, 0.25) is 10.0 Å². The average molecular weight is 381 g/mol. The highest BCUT2D eigenvalue weighted by atomic mass is 32.2. The van der Waals surface area contributed by atoms with Gasteiger partial charge in [-0.15, -0.1) is 0 Å². The molecule has 1 saturated heterocycles. The zero-order chi connectivity index (χ0) is 18.6. The van der Waals surface area contributed by atoms with Gasteiger partial charge in [0.15, 0.2) is 0 Å². The number of rotatable bonds is 6. The molecule has 0 aromatic heterocycles. The Hall–Kier alpha value is -1.64. The summed E-state index contributed by atoms with van der Waals surface area (Å²) in [6.45, 7) is 2.85. The van der Waals surface area contributed by atoms with Gasteiger partial charge in [-0.2, -0.15) is 0 Å². The van der Waals surface area contributed by atoms with Crippen molar-refractivity contribution in [3.8, 4) is 0 Å². The highest BCUT2D eigenvalue weighted by Gasteiger charge is 2.42. The number of anilines is 1. The van der Waals surface area contributed by atoms with E-state index >= 15 is 0 Å². The lowest BCUT2D eigenvalue weighted by molar-refractivity contribution is 0.00998. The fourth-order valence-electron chi connectivity index (χ4n) is 3.69. The molecule has 3 rings (SSSR count). The molecule has 1 atom stereocenters. The fraction of sp³-hybridized carbons (Fsp3) is 0.611. The predicted molar refractivity (Wildman–Crippen MR) is 99.6 cm³/mol. The quantitative estimate of drug-likeness (QED) is 0.706. The van der Waals surface area contributed by atoms with Crippen LogP contribution in [0.3, 0.4) is 0 Å². The number of hydrogen-bond donors (Lipinski definition) is 3. The van der Waals surface area contributed by atoms with Crippen LogP contribution in [0, 0.1) is 0 Å². The summed E-state index contributed by atoms with van der Waals surface area (Å²) in [6.07, 6.45) is 6.14. The molecule has 1 aliphatic carbocycles. The lowest BCUT2D eigenvalue weighted by Gasteiger charge is -2.21. The molecule has 1 aliphatic heterocycles. The van der Waals surface area contributed by atoms with Gasteiger partial charge < -0.3 is 15.4 Å². The molecule has 1 saturated carbocycles. The molecule has 1 heterocycles. The average Bonchev–Trinajstić information content (AvgIpc) is 3.23. The van der Waals surface area contributed by atoms with E-state index < -0.39 is 10.0 Å². The second-order valence-corrected chi connectivity index (χ2v) is 8.89. The van der Waals surface area contributed by atoms with Crippen LogP contribution >= 0.6 is 0 Å². The van der Waals surface area contributed by atoms with Crippen LogP contribution < -0.4 is 15.4 Å². The zero-order valence-corrected chi connectivity index (χ0v) is 15.9. The number of benzene rings is 1. The third-order valence-corrected chi connectivity index (χ3v) is 6.50. The maximum Gasteiger partial charge on any atom is 0.319 e. The molecule has 144 valence electrons. The molecule has 3 N–H and O–H groups in total. The van der Waals surface area contributed by atoms with E-state index in [1.807, 2.05) is 6.92 Å². The first-order chi connectivity index (χ1) is 12.4. The Morgan fingerprint density at radius 3 is 2.58 bits per heavy atom. The number of urea groups is 1. The van der Waals surface area contributed by atoms with E-state index in [1.165, 1.54) is 25.0 Å². The predicted octanol–water partition coefficient (Wildman–Crippen LogP) is 2.60. The summed E-state index contributed by atoms with van der Waals surface area (Å²) in [5.74, 6) is 0. The first-order valence-corrected chi connectivity index (χ1v) is 10.7. The molecule has 2 aliphatic rings. The Bertz CT molecular complexity index is 727. The van der Waals surface area contributed by atoms with Crippen LogP contribution in [0.4, 0.5) is 10.5 Å². The molecule has 8 heteroatoms. The normalized spacial score (nSPS) is 21.8. The minimum atomic E-state index is -3.49. The first-order valence-electron chi connectivity index (χ1n) is 9.24. The molecule has 1 aromatic rings. The van der Waals surface area contributed by atoms with Crippen molar-refractivity contribution in [2.24, 2.45) is 0 Å². The van der Waals surface area contributed by atoms with Crippen molar-refractivity contribution >= 4 is 21.7 Å². The van der Waals surface area contributed by atoms with E-state index in [0.717, 1.165) is 25.7 Å². The summed E-state index contributed by atoms with van der Waals surface area (Å²) in [7, 11) is -3.49. The molecule has 0 radical (unpaired) electrons. The van der Waals surface area contributed by atoms with Gasteiger partial charge in [0, 0.05) is 12.2 Å². The van der Waals surface area contributed by atoms with Crippen LogP contribution in [0.15, 0.2) is 29.2 Å². The van der Waals surface area contributed by atoms with Gasteiger partial charge in [-0.1, -0.05) is 19.8 Å². The number of amides is 2. The highest BCUT2D eigenvalue weighted by molar-refractivity contribution is 7.89. The van der Waals surface area contributed by atoms with Crippen LogP contribution in [0.5, 0.6) is 0 Å². The van der Waals surface area contributed by atoms with Gasteiger partial charge in [-0.25, -0.2) is 17.9 Å². The van der Waals surface area contributed by atoms with Crippen molar-refractivity contribution in [3.05, 3.63) is 24.3 Å². The van der Waals surface area contributed by atoms with Crippen LogP contribution in [-0.2, 0) is 14.8 Å². The molecule has 7 nitrogen and oxygen atoms in total. The van der Waals surface area contributed by atoms with E-state index in [4.69, 9.17) is 4.74 Å². The Morgan fingerprint density at radius 2 is 1.92 bits per heavy atom. The van der Waals surface area contributed by atoms with Crippen molar-refractivity contribution in [2.75, 3.05) is 18.5 Å². The Balaban J connectivity index is 1.52. The number of hydrogen-bond acceptors (Lipinski definition) is 4. The van der Waals surface area contributed by atoms with Gasteiger partial charge >= 0.3 is 6.03 Å². The van der Waals surface area contributed by atoms with E-state index in [9.17, 15) is 13.2 Å². The molecular weight excluding hydrogens is 354 g/mol. The van der Waals surface area contributed by atoms with Gasteiger partial charge in [0.05, 0.1) is 23.1 Å². The third kappa shape index (κ3) is 4.55. The third-order valence-electron chi connectivity index (χ3n) is 5.02. The number of carbonyl (C=O) groups is 1. The van der Waals surface area contributed by atoms with E-state index in [1.54, 1.807) is 12.1 Å². The Labute approximate surface area is 154 Å². The second kappa shape index (κ2) is 7.94. The number of sulfonamides is 1. The standard InChI is InChI=1S/C18H27N3O4S/c1-2-11-19-26(23,24)16-7-5-14(6-8-16)20-17(22)21-15-12-18(25-13-15)9-3-4-10-18/h5-8,15,19H,2-4,9-13H2,1H3,(H2,20,21,22)/t15-/m0/s1. The van der Waals surface area contributed by atoms with Gasteiger partial charge in [0.1, 0.15) is 0 Å². The molecule has 2 fully saturated rings. The molecule has 0 unspecified atom stereocenters. The van der Waals surface area contributed by atoms with E-state index in [2.05, 4.69) is 15.4 Å².